The molecule has 0 unspecified atom stereocenters. The molecule has 96 valence electrons. The van der Waals surface area contributed by atoms with Gasteiger partial charge in [-0.25, -0.2) is 4.39 Å². The van der Waals surface area contributed by atoms with Crippen LogP contribution in [0, 0.1) is 17.1 Å². The van der Waals surface area contributed by atoms with E-state index in [-0.39, 0.29) is 5.82 Å². The summed E-state index contributed by atoms with van der Waals surface area (Å²) in [5, 5.41) is 12.7. The smallest absolute Gasteiger partial charge is 0.258 e. The summed E-state index contributed by atoms with van der Waals surface area (Å²) in [5.41, 5.74) is 1.85. The zero-order valence-electron chi connectivity index (χ0n) is 10.2. The highest BCUT2D eigenvalue weighted by molar-refractivity contribution is 5.60. The fourth-order valence-electron chi connectivity index (χ4n) is 1.78. The summed E-state index contributed by atoms with van der Waals surface area (Å²) in [6.07, 6.45) is 0. The van der Waals surface area contributed by atoms with Crippen LogP contribution in [0.3, 0.4) is 0 Å². The largest absolute Gasteiger partial charge is 0.334 e. The molecule has 0 spiro atoms. The Bertz CT molecular complexity index is 787. The minimum atomic E-state index is -0.320. The molecular weight excluding hydrogens is 257 g/mol. The Morgan fingerprint density at radius 1 is 1.05 bits per heavy atom. The highest BCUT2D eigenvalue weighted by atomic mass is 19.1. The van der Waals surface area contributed by atoms with E-state index in [2.05, 4.69) is 16.2 Å². The van der Waals surface area contributed by atoms with E-state index in [4.69, 9.17) is 9.78 Å². The molecule has 1 aromatic heterocycles. The summed E-state index contributed by atoms with van der Waals surface area (Å²) < 4.78 is 18.0. The lowest BCUT2D eigenvalue weighted by molar-refractivity contribution is 0.432. The van der Waals surface area contributed by atoms with Gasteiger partial charge < -0.3 is 4.52 Å². The van der Waals surface area contributed by atoms with E-state index in [1.807, 2.05) is 0 Å². The van der Waals surface area contributed by atoms with Gasteiger partial charge in [-0.2, -0.15) is 10.2 Å². The van der Waals surface area contributed by atoms with Crippen LogP contribution in [0.1, 0.15) is 5.56 Å². The van der Waals surface area contributed by atoms with Gasteiger partial charge in [-0.15, -0.1) is 0 Å². The number of hydrogen-bond acceptors (Lipinski definition) is 4. The van der Waals surface area contributed by atoms with E-state index in [1.54, 1.807) is 36.4 Å². The average molecular weight is 265 g/mol. The van der Waals surface area contributed by atoms with E-state index in [0.717, 1.165) is 0 Å². The molecule has 0 aliphatic heterocycles. The first kappa shape index (κ1) is 12.1. The zero-order valence-corrected chi connectivity index (χ0v) is 10.2. The summed E-state index contributed by atoms with van der Waals surface area (Å²) in [6.45, 7) is 0. The van der Waals surface area contributed by atoms with E-state index in [1.165, 1.54) is 12.1 Å². The monoisotopic (exact) mass is 265 g/mol. The molecule has 5 heteroatoms. The van der Waals surface area contributed by atoms with E-state index < -0.39 is 0 Å². The van der Waals surface area contributed by atoms with Crippen molar-refractivity contribution >= 4 is 0 Å². The molecule has 2 aromatic carbocycles. The fraction of sp³-hybridized carbons (Fsp3) is 0. The summed E-state index contributed by atoms with van der Waals surface area (Å²) >= 11 is 0. The third-order valence-corrected chi connectivity index (χ3v) is 2.77. The van der Waals surface area contributed by atoms with Crippen LogP contribution >= 0.6 is 0 Å². The molecular formula is C15H8FN3O. The second kappa shape index (κ2) is 4.94. The Balaban J connectivity index is 1.97. The molecule has 0 atom stereocenters. The van der Waals surface area contributed by atoms with Gasteiger partial charge in [0.05, 0.1) is 11.6 Å². The van der Waals surface area contributed by atoms with Crippen molar-refractivity contribution < 1.29 is 8.91 Å². The van der Waals surface area contributed by atoms with Gasteiger partial charge >= 0.3 is 0 Å². The maximum atomic E-state index is 12.9. The maximum Gasteiger partial charge on any atom is 0.258 e. The molecule has 20 heavy (non-hydrogen) atoms. The Morgan fingerprint density at radius 3 is 2.60 bits per heavy atom. The van der Waals surface area contributed by atoms with Gasteiger partial charge in [-0.05, 0) is 42.5 Å². The van der Waals surface area contributed by atoms with Crippen LogP contribution in [-0.2, 0) is 0 Å². The van der Waals surface area contributed by atoms with Crippen LogP contribution in [0.5, 0.6) is 0 Å². The Kier molecular flexibility index (Phi) is 2.98. The lowest BCUT2D eigenvalue weighted by atomic mass is 10.1. The molecule has 4 nitrogen and oxygen atoms in total. The summed E-state index contributed by atoms with van der Waals surface area (Å²) in [4.78, 5) is 4.25. The summed E-state index contributed by atoms with van der Waals surface area (Å²) in [5.74, 6) is 0.378. The maximum absolute atomic E-state index is 12.9. The van der Waals surface area contributed by atoms with Crippen molar-refractivity contribution in [1.29, 1.82) is 5.26 Å². The number of hydrogen-bond donors (Lipinski definition) is 0. The zero-order chi connectivity index (χ0) is 13.9. The van der Waals surface area contributed by atoms with Crippen LogP contribution in [0.15, 0.2) is 53.1 Å². The van der Waals surface area contributed by atoms with Crippen LogP contribution in [0.4, 0.5) is 4.39 Å². The van der Waals surface area contributed by atoms with Crippen molar-refractivity contribution in [2.45, 2.75) is 0 Å². The van der Waals surface area contributed by atoms with Crippen LogP contribution in [0.2, 0.25) is 0 Å². The third kappa shape index (κ3) is 2.27. The number of rotatable bonds is 2. The number of benzene rings is 2. The van der Waals surface area contributed by atoms with Gasteiger partial charge in [0.2, 0.25) is 5.82 Å². The molecule has 0 amide bonds. The van der Waals surface area contributed by atoms with Gasteiger partial charge in [-0.3, -0.25) is 0 Å². The van der Waals surface area contributed by atoms with Gasteiger partial charge in [0.25, 0.3) is 5.89 Å². The van der Waals surface area contributed by atoms with Crippen molar-refractivity contribution in [2.24, 2.45) is 0 Å². The van der Waals surface area contributed by atoms with Crippen molar-refractivity contribution in [2.75, 3.05) is 0 Å². The Labute approximate surface area is 114 Å². The molecule has 0 fully saturated rings. The first-order valence-corrected chi connectivity index (χ1v) is 5.86. The Morgan fingerprint density at radius 2 is 1.85 bits per heavy atom. The number of nitriles is 1. The second-order valence-corrected chi connectivity index (χ2v) is 4.12. The molecule has 0 N–H and O–H groups in total. The minimum absolute atomic E-state index is 0.320. The van der Waals surface area contributed by atoms with Crippen molar-refractivity contribution in [1.82, 2.24) is 10.1 Å². The summed E-state index contributed by atoms with van der Waals surface area (Å²) in [6, 6.07) is 14.8. The number of aromatic nitrogens is 2. The molecule has 0 saturated carbocycles. The normalized spacial score (nSPS) is 10.2. The van der Waals surface area contributed by atoms with Crippen molar-refractivity contribution in [3.05, 3.63) is 59.9 Å². The first-order chi connectivity index (χ1) is 9.76. The van der Waals surface area contributed by atoms with Gasteiger partial charge in [-0.1, -0.05) is 11.2 Å². The van der Waals surface area contributed by atoms with Crippen molar-refractivity contribution in [3.63, 3.8) is 0 Å². The average Bonchev–Trinajstić information content (AvgIpc) is 2.98. The molecule has 3 aromatic rings. The third-order valence-electron chi connectivity index (χ3n) is 2.77. The van der Waals surface area contributed by atoms with Gasteiger partial charge in [0.15, 0.2) is 0 Å². The lowest BCUT2D eigenvalue weighted by Gasteiger charge is -1.94. The summed E-state index contributed by atoms with van der Waals surface area (Å²) in [7, 11) is 0. The molecule has 0 bridgehead atoms. The number of nitrogens with zero attached hydrogens (tertiary/aromatic N) is 3. The molecule has 0 aliphatic rings. The lowest BCUT2D eigenvalue weighted by Crippen LogP contribution is -1.82. The van der Waals surface area contributed by atoms with Crippen molar-refractivity contribution in [3.8, 4) is 28.9 Å². The minimum Gasteiger partial charge on any atom is -0.334 e. The molecule has 1 heterocycles. The molecule has 0 radical (unpaired) electrons. The van der Waals surface area contributed by atoms with Crippen LogP contribution < -0.4 is 0 Å². The predicted octanol–water partition coefficient (Wildman–Crippen LogP) is 3.41. The molecule has 0 aliphatic carbocycles. The predicted molar refractivity (Wildman–Crippen MR) is 69.8 cm³/mol. The van der Waals surface area contributed by atoms with Crippen LogP contribution in [-0.4, -0.2) is 10.1 Å². The quantitative estimate of drug-likeness (QED) is 0.712. The fourth-order valence-corrected chi connectivity index (χ4v) is 1.78. The highest BCUT2D eigenvalue weighted by Gasteiger charge is 2.11. The number of halogens is 1. The van der Waals surface area contributed by atoms with Gasteiger partial charge in [0, 0.05) is 11.1 Å². The van der Waals surface area contributed by atoms with Crippen LogP contribution in [0.25, 0.3) is 22.8 Å². The second-order valence-electron chi connectivity index (χ2n) is 4.12. The highest BCUT2D eigenvalue weighted by Crippen LogP contribution is 2.22. The Hall–Kier alpha value is -3.00. The SMILES string of the molecule is N#Cc1cccc(-c2nc(-c3ccc(F)cc3)no2)c1. The van der Waals surface area contributed by atoms with E-state index in [0.29, 0.717) is 28.4 Å². The molecule has 0 saturated heterocycles. The molecule has 3 rings (SSSR count). The van der Waals surface area contributed by atoms with E-state index in [9.17, 15) is 4.39 Å². The first-order valence-electron chi connectivity index (χ1n) is 5.86. The van der Waals surface area contributed by atoms with Gasteiger partial charge in [0.1, 0.15) is 5.82 Å². The van der Waals surface area contributed by atoms with E-state index >= 15 is 0 Å². The topological polar surface area (TPSA) is 62.7 Å². The standard InChI is InChI=1S/C15H8FN3O/c16-13-6-4-11(5-7-13)14-18-15(20-19-14)12-3-1-2-10(8-12)9-17/h1-8H.